The van der Waals surface area contributed by atoms with Crippen LogP contribution in [0.25, 0.3) is 0 Å². The number of nitrogens with one attached hydrogen (secondary N) is 2. The Labute approximate surface area is 242 Å². The lowest BCUT2D eigenvalue weighted by molar-refractivity contribution is 0.0508. The maximum absolute atomic E-state index is 11.6. The lowest BCUT2D eigenvalue weighted by Gasteiger charge is -2.23. The first kappa shape index (κ1) is 43.5. The van der Waals surface area contributed by atoms with Crippen LogP contribution in [0, 0.1) is 63.1 Å². The summed E-state index contributed by atoms with van der Waals surface area (Å²) >= 11 is 0. The van der Waals surface area contributed by atoms with E-state index in [9.17, 15) is 9.59 Å². The van der Waals surface area contributed by atoms with Gasteiger partial charge in [0.25, 0.3) is 0 Å². The summed E-state index contributed by atoms with van der Waals surface area (Å²) in [6, 6.07) is 6.99. The van der Waals surface area contributed by atoms with E-state index in [1.54, 1.807) is 12.1 Å². The number of rotatable bonds is 9. The number of hydrogen-bond acceptors (Lipinski definition) is 10. The first-order valence-corrected chi connectivity index (χ1v) is 13.4. The van der Waals surface area contributed by atoms with Crippen LogP contribution in [0.15, 0.2) is 0 Å². The third kappa shape index (κ3) is 36.6. The van der Waals surface area contributed by atoms with Crippen molar-refractivity contribution in [2.75, 3.05) is 26.2 Å². The molecule has 0 radical (unpaired) electrons. The summed E-state index contributed by atoms with van der Waals surface area (Å²) < 4.78 is 10.3. The van der Waals surface area contributed by atoms with Gasteiger partial charge in [0.2, 0.25) is 0 Å². The number of carbonyl (C=O) groups excluding carboxylic acids is 2. The van der Waals surface area contributed by atoms with Crippen molar-refractivity contribution >= 4 is 12.2 Å². The summed E-state index contributed by atoms with van der Waals surface area (Å²) in [7, 11) is 0. The molecule has 0 spiro atoms. The predicted octanol–water partition coefficient (Wildman–Crippen LogP) is 4.48. The van der Waals surface area contributed by atoms with Gasteiger partial charge in [-0.3, -0.25) is 0 Å². The normalized spacial score (nSPS) is 9.95. The highest BCUT2D eigenvalue weighted by atomic mass is 16.6. The fraction of sp³-hybridized carbons (Fsp3) is 0.786. The van der Waals surface area contributed by atoms with Gasteiger partial charge in [-0.1, -0.05) is 27.2 Å². The third-order valence-corrected chi connectivity index (χ3v) is 4.57. The summed E-state index contributed by atoms with van der Waals surface area (Å²) in [6.45, 7) is 19.1. The van der Waals surface area contributed by atoms with Gasteiger partial charge in [0.15, 0.2) is 0 Å². The molecule has 0 aromatic heterocycles. The second kappa shape index (κ2) is 27.0. The number of nitrogens with two attached hydrogens (primary N) is 2. The number of nitriles is 4. The van der Waals surface area contributed by atoms with Crippen molar-refractivity contribution in [2.45, 2.75) is 99.2 Å². The minimum absolute atomic E-state index is 0. The van der Waals surface area contributed by atoms with Gasteiger partial charge < -0.3 is 31.6 Å². The minimum Gasteiger partial charge on any atom is -0.444 e. The summed E-state index contributed by atoms with van der Waals surface area (Å²) in [4.78, 5) is 23.1. The van der Waals surface area contributed by atoms with E-state index in [0.29, 0.717) is 25.4 Å². The predicted molar refractivity (Wildman–Crippen MR) is 155 cm³/mol. The molecule has 0 fully saturated rings. The molecule has 0 aromatic carbocycles. The average Bonchev–Trinajstić information content (AvgIpc) is 2.86. The van der Waals surface area contributed by atoms with Crippen LogP contribution in [0.5, 0.6) is 0 Å². The molecule has 12 heteroatoms. The van der Waals surface area contributed by atoms with Crippen molar-refractivity contribution < 1.29 is 19.1 Å². The van der Waals surface area contributed by atoms with Gasteiger partial charge in [-0.25, -0.2) is 9.59 Å². The molecule has 12 nitrogen and oxygen atoms in total. The van der Waals surface area contributed by atoms with E-state index in [1.165, 1.54) is 0 Å². The fourth-order valence-corrected chi connectivity index (χ4v) is 2.12. The Hall–Kier alpha value is -3.58. The molecule has 0 aliphatic carbocycles. The van der Waals surface area contributed by atoms with Gasteiger partial charge in [-0.15, -0.1) is 0 Å². The quantitative estimate of drug-likeness (QED) is 0.307. The second-order valence-electron chi connectivity index (χ2n) is 10.5. The minimum atomic E-state index is -0.513. The monoisotopic (exact) mass is 564 g/mol. The molecular formula is C28H52N8O4. The molecule has 228 valence electrons. The van der Waals surface area contributed by atoms with Gasteiger partial charge >= 0.3 is 12.2 Å². The maximum Gasteiger partial charge on any atom is 0.407 e. The lowest BCUT2D eigenvalue weighted by atomic mass is 10.1. The van der Waals surface area contributed by atoms with Crippen LogP contribution in [0.1, 0.15) is 88.0 Å². The summed E-state index contributed by atoms with van der Waals surface area (Å²) in [5.41, 5.74) is 9.60. The Morgan fingerprint density at radius 3 is 1.18 bits per heavy atom. The van der Waals surface area contributed by atoms with Gasteiger partial charge in [-0.05, 0) is 79.3 Å². The zero-order chi connectivity index (χ0) is 32.2. The van der Waals surface area contributed by atoms with Crippen molar-refractivity contribution in [3.63, 3.8) is 0 Å². The van der Waals surface area contributed by atoms with E-state index < -0.39 is 29.3 Å². The Morgan fingerprint density at radius 1 is 0.700 bits per heavy atom. The van der Waals surface area contributed by atoms with Crippen LogP contribution >= 0.6 is 0 Å². The van der Waals surface area contributed by atoms with Crippen LogP contribution < -0.4 is 22.1 Å². The molecule has 40 heavy (non-hydrogen) atoms. The van der Waals surface area contributed by atoms with Gasteiger partial charge in [0, 0.05) is 13.1 Å². The number of carbonyl (C=O) groups is 2. The number of hydrogen-bond donors (Lipinski definition) is 4. The van der Waals surface area contributed by atoms with E-state index >= 15 is 0 Å². The number of alkyl carbamates (subject to hydrolysis) is 2. The number of nitrogens with zero attached hydrogens (tertiary/aromatic N) is 4. The van der Waals surface area contributed by atoms with Crippen LogP contribution in [0.4, 0.5) is 9.59 Å². The molecule has 2 amide bonds. The van der Waals surface area contributed by atoms with Crippen LogP contribution in [0.3, 0.4) is 0 Å². The molecule has 0 heterocycles. The zero-order valence-corrected chi connectivity index (χ0v) is 26.0. The Balaban J connectivity index is -0.000000275. The second-order valence-corrected chi connectivity index (χ2v) is 10.5. The molecule has 6 N–H and O–H groups in total. The molecule has 0 saturated heterocycles. The Bertz CT molecular complexity index is 757. The summed E-state index contributed by atoms with van der Waals surface area (Å²) in [5.74, 6) is 0.269. The highest BCUT2D eigenvalue weighted by Gasteiger charge is 2.19. The van der Waals surface area contributed by atoms with Crippen molar-refractivity contribution in [3.8, 4) is 24.3 Å². The molecule has 0 aromatic rings. The van der Waals surface area contributed by atoms with Gasteiger partial charge in [0.05, 0.1) is 24.3 Å². The topological polar surface area (TPSA) is 224 Å². The fourth-order valence-electron chi connectivity index (χ4n) is 2.12. The van der Waals surface area contributed by atoms with Crippen molar-refractivity contribution in [1.82, 2.24) is 10.6 Å². The first-order valence-electron chi connectivity index (χ1n) is 13.4. The van der Waals surface area contributed by atoms with Gasteiger partial charge in [0.1, 0.15) is 23.5 Å². The van der Waals surface area contributed by atoms with Crippen molar-refractivity contribution in [3.05, 3.63) is 0 Å². The number of ether oxygens (including phenoxy) is 2. The molecule has 0 aliphatic heterocycles. The zero-order valence-electron chi connectivity index (χ0n) is 26.0. The average molecular weight is 565 g/mol. The molecule has 0 saturated carbocycles. The number of amides is 2. The van der Waals surface area contributed by atoms with Gasteiger partial charge in [-0.2, -0.15) is 21.0 Å². The Kier molecular flexibility index (Phi) is 29.3. The SMILES string of the molecule is CCC(C#N)C#N.CCC(CN)CN.CCC(CNC(=O)OC(C)(C)C)CNC(=O)OC(C)(C)C.N#CCC#N. The van der Waals surface area contributed by atoms with Crippen molar-refractivity contribution in [1.29, 1.82) is 21.0 Å². The first-order chi connectivity index (χ1) is 18.5. The molecular weight excluding hydrogens is 512 g/mol. The largest absolute Gasteiger partial charge is 0.444 e. The van der Waals surface area contributed by atoms with E-state index in [1.807, 2.05) is 67.5 Å². The van der Waals surface area contributed by atoms with E-state index in [0.717, 1.165) is 25.9 Å². The third-order valence-electron chi connectivity index (χ3n) is 4.57. The highest BCUT2D eigenvalue weighted by Crippen LogP contribution is 2.08. The van der Waals surface area contributed by atoms with E-state index in [-0.39, 0.29) is 12.3 Å². The molecule has 0 rings (SSSR count). The van der Waals surface area contributed by atoms with Crippen LogP contribution in [-0.4, -0.2) is 49.6 Å². The van der Waals surface area contributed by atoms with Crippen LogP contribution in [0.2, 0.25) is 0 Å². The molecule has 0 aliphatic rings. The van der Waals surface area contributed by atoms with E-state index in [4.69, 9.17) is 42.0 Å². The highest BCUT2D eigenvalue weighted by molar-refractivity contribution is 5.68. The maximum atomic E-state index is 11.6. The Morgan fingerprint density at radius 2 is 1.05 bits per heavy atom. The smallest absolute Gasteiger partial charge is 0.407 e. The summed E-state index contributed by atoms with van der Waals surface area (Å²) in [5, 5.41) is 36.7. The van der Waals surface area contributed by atoms with E-state index in [2.05, 4.69) is 17.6 Å². The van der Waals surface area contributed by atoms with Crippen molar-refractivity contribution in [2.24, 2.45) is 29.2 Å². The lowest BCUT2D eigenvalue weighted by Crippen LogP contribution is -2.40. The molecule has 0 unspecified atom stereocenters. The molecule has 0 atom stereocenters. The summed E-state index contributed by atoms with van der Waals surface area (Å²) in [6.07, 6.45) is 1.67. The standard InChI is InChI=1S/C15H30N2O4.C5H14N2.C5H6N2.C3H2N2/c1-8-11(9-16-12(18)20-14(2,3)4)10-17-13(19)21-15(5,6)7;2*1-2-5(3-6)4-7;4-2-1-3-5/h11H,8-10H2,1-7H3,(H,16,18)(H,17,19);5H,2-4,6-7H2,1H3;5H,2H2,1H3;1H2. The molecule has 0 bridgehead atoms. The van der Waals surface area contributed by atoms with Crippen LogP contribution in [-0.2, 0) is 9.47 Å².